The fraction of sp³-hybridized carbons (Fsp3) is 0.859. The van der Waals surface area contributed by atoms with Crippen LogP contribution in [0.15, 0.2) is 48.6 Å². The van der Waals surface area contributed by atoms with Crippen molar-refractivity contribution in [3.8, 4) is 0 Å². The minimum Gasteiger partial charge on any atom is -0.394 e. The first-order chi connectivity index (χ1) is 40.3. The van der Waals surface area contributed by atoms with Gasteiger partial charge in [0.15, 0.2) is 18.9 Å². The number of nitrogens with one attached hydrogen (secondary N) is 1. The molecule has 3 aliphatic rings. The van der Waals surface area contributed by atoms with Crippen LogP contribution in [0.1, 0.15) is 219 Å². The van der Waals surface area contributed by atoms with Crippen LogP contribution < -0.4 is 5.32 Å². The van der Waals surface area contributed by atoms with Crippen molar-refractivity contribution in [2.45, 2.75) is 324 Å². The Morgan fingerprint density at radius 1 is 0.422 bits per heavy atom. The van der Waals surface area contributed by atoms with Crippen LogP contribution >= 0.6 is 0 Å². The molecule has 83 heavy (non-hydrogen) atoms. The Balaban J connectivity index is 1.46. The standard InChI is InChI=1S/C64H115NO18/c1-3-5-7-9-11-13-15-17-18-19-20-21-22-23-24-25-26-27-28-29-30-31-33-35-37-39-41-48(69)47(65-52(70)42-40-38-36-34-32-16-14-12-10-8-6-4-2)46-78-62-58(76)55(73)60(50(44-67)80-62)83-64-59(77)56(74)61(51(45-68)81-64)82-63-57(75)54(72)53(71)49(43-66)79-63/h12,14,27-28,31,33,39,41,47-51,53-64,66-69,71-77H,3-11,13,15-26,29-30,32,34-38,40,42-46H2,1-2H3,(H,65,70)/b14-12-,28-27+,33-31+,41-39+. The lowest BCUT2D eigenvalue weighted by atomic mass is 9.96. The van der Waals surface area contributed by atoms with Gasteiger partial charge in [0.2, 0.25) is 5.91 Å². The summed E-state index contributed by atoms with van der Waals surface area (Å²) in [7, 11) is 0. The highest BCUT2D eigenvalue weighted by atomic mass is 16.8. The molecule has 3 saturated heterocycles. The number of carbonyl (C=O) groups is 1. The molecule has 17 atom stereocenters. The van der Waals surface area contributed by atoms with Gasteiger partial charge in [-0.25, -0.2) is 0 Å². The number of aliphatic hydroxyl groups is 11. The van der Waals surface area contributed by atoms with Crippen LogP contribution in [0.4, 0.5) is 0 Å². The van der Waals surface area contributed by atoms with Crippen molar-refractivity contribution < 1.29 is 89.4 Å². The second-order valence-corrected chi connectivity index (χ2v) is 23.2. The topological polar surface area (TPSA) is 307 Å². The van der Waals surface area contributed by atoms with Crippen LogP contribution in [0.3, 0.4) is 0 Å². The Morgan fingerprint density at radius 2 is 0.771 bits per heavy atom. The molecule has 1 amide bonds. The number of rotatable bonds is 48. The summed E-state index contributed by atoms with van der Waals surface area (Å²) in [6.07, 6.45) is 26.8. The maximum absolute atomic E-state index is 13.3. The summed E-state index contributed by atoms with van der Waals surface area (Å²) in [4.78, 5) is 13.3. The zero-order valence-corrected chi connectivity index (χ0v) is 50.7. The number of aliphatic hydroxyl groups excluding tert-OH is 11. The van der Waals surface area contributed by atoms with Gasteiger partial charge in [0, 0.05) is 6.42 Å². The molecule has 0 radical (unpaired) electrons. The molecule has 19 heteroatoms. The number of allylic oxidation sites excluding steroid dienone is 7. The molecule has 3 fully saturated rings. The van der Waals surface area contributed by atoms with E-state index in [2.05, 4.69) is 55.6 Å². The molecule has 3 heterocycles. The highest BCUT2D eigenvalue weighted by molar-refractivity contribution is 5.76. The highest BCUT2D eigenvalue weighted by Crippen LogP contribution is 2.33. The molecule has 3 rings (SSSR count). The molecule has 484 valence electrons. The summed E-state index contributed by atoms with van der Waals surface area (Å²) in [6, 6.07) is -1.00. The number of hydrogen-bond acceptors (Lipinski definition) is 18. The first-order valence-electron chi connectivity index (χ1n) is 32.4. The van der Waals surface area contributed by atoms with Crippen LogP contribution in [0.25, 0.3) is 0 Å². The van der Waals surface area contributed by atoms with E-state index in [1.807, 2.05) is 6.08 Å². The lowest BCUT2D eigenvalue weighted by Crippen LogP contribution is -2.66. The molecule has 0 saturated carbocycles. The molecular formula is C64H115NO18. The van der Waals surface area contributed by atoms with Crippen molar-refractivity contribution in [1.82, 2.24) is 5.32 Å². The molecule has 19 nitrogen and oxygen atoms in total. The van der Waals surface area contributed by atoms with E-state index in [-0.39, 0.29) is 18.9 Å². The van der Waals surface area contributed by atoms with Gasteiger partial charge in [-0.3, -0.25) is 4.79 Å². The third-order valence-electron chi connectivity index (χ3n) is 16.1. The summed E-state index contributed by atoms with van der Waals surface area (Å²) >= 11 is 0. The van der Waals surface area contributed by atoms with Crippen molar-refractivity contribution in [2.24, 2.45) is 0 Å². The molecule has 3 aliphatic heterocycles. The Kier molecular flexibility index (Phi) is 42.3. The summed E-state index contributed by atoms with van der Waals surface area (Å²) in [5.74, 6) is -0.301. The Hall–Kier alpha value is -2.25. The second kappa shape index (κ2) is 46.8. The van der Waals surface area contributed by atoms with Crippen molar-refractivity contribution in [3.63, 3.8) is 0 Å². The quantitative estimate of drug-likeness (QED) is 0.0215. The smallest absolute Gasteiger partial charge is 0.220 e. The molecule has 0 aliphatic carbocycles. The third-order valence-corrected chi connectivity index (χ3v) is 16.1. The van der Waals surface area contributed by atoms with Gasteiger partial charge in [-0.05, 0) is 70.6 Å². The maximum Gasteiger partial charge on any atom is 0.220 e. The molecular weight excluding hydrogens is 1070 g/mol. The van der Waals surface area contributed by atoms with Gasteiger partial charge >= 0.3 is 0 Å². The van der Waals surface area contributed by atoms with E-state index in [9.17, 15) is 61.0 Å². The lowest BCUT2D eigenvalue weighted by Gasteiger charge is -2.48. The van der Waals surface area contributed by atoms with Gasteiger partial charge in [0.25, 0.3) is 0 Å². The summed E-state index contributed by atoms with van der Waals surface area (Å²) in [6.45, 7) is 1.66. The van der Waals surface area contributed by atoms with Crippen molar-refractivity contribution >= 4 is 5.91 Å². The Labute approximate surface area is 497 Å². The largest absolute Gasteiger partial charge is 0.394 e. The predicted octanol–water partition coefficient (Wildman–Crippen LogP) is 7.04. The third kappa shape index (κ3) is 30.0. The van der Waals surface area contributed by atoms with E-state index < -0.39 is 124 Å². The van der Waals surface area contributed by atoms with E-state index in [0.29, 0.717) is 12.8 Å². The number of unbranched alkanes of at least 4 members (excludes halogenated alkanes) is 26. The minimum absolute atomic E-state index is 0.220. The van der Waals surface area contributed by atoms with Crippen molar-refractivity contribution in [1.29, 1.82) is 0 Å². The molecule has 0 aromatic carbocycles. The number of ether oxygens (including phenoxy) is 6. The molecule has 0 bridgehead atoms. The summed E-state index contributed by atoms with van der Waals surface area (Å²) in [5.41, 5.74) is 0. The van der Waals surface area contributed by atoms with Gasteiger partial charge in [-0.2, -0.15) is 0 Å². The minimum atomic E-state index is -1.98. The van der Waals surface area contributed by atoms with E-state index in [1.165, 1.54) is 122 Å². The Morgan fingerprint density at radius 3 is 1.23 bits per heavy atom. The van der Waals surface area contributed by atoms with Gasteiger partial charge in [0.1, 0.15) is 73.2 Å². The zero-order chi connectivity index (χ0) is 60.5. The lowest BCUT2D eigenvalue weighted by molar-refractivity contribution is -0.379. The monoisotopic (exact) mass is 1190 g/mol. The SMILES string of the molecule is CCCCC/C=C\CCCCCCCC(=O)NC(COC1OC(CO)C(OC2OC(CO)C(OC3OC(CO)C(O)C(O)C3O)C(O)C2O)C(O)C1O)C(O)/C=C/CC/C=C/CC/C=C/CCCCCCCCCCCCCCCCCC. The average Bonchev–Trinajstić information content (AvgIpc) is 3.26. The van der Waals surface area contributed by atoms with E-state index >= 15 is 0 Å². The van der Waals surface area contributed by atoms with Crippen LogP contribution in [0.5, 0.6) is 0 Å². The van der Waals surface area contributed by atoms with Crippen LogP contribution in [-0.4, -0.2) is 193 Å². The highest BCUT2D eigenvalue weighted by Gasteiger charge is 2.53. The van der Waals surface area contributed by atoms with Gasteiger partial charge in [-0.1, -0.05) is 191 Å². The molecule has 17 unspecified atom stereocenters. The van der Waals surface area contributed by atoms with E-state index in [0.717, 1.165) is 64.2 Å². The van der Waals surface area contributed by atoms with E-state index in [4.69, 9.17) is 28.4 Å². The summed E-state index contributed by atoms with van der Waals surface area (Å²) in [5, 5.41) is 120. The predicted molar refractivity (Wildman–Crippen MR) is 319 cm³/mol. The molecule has 0 spiro atoms. The van der Waals surface area contributed by atoms with Crippen LogP contribution in [0, 0.1) is 0 Å². The number of hydrogen-bond donors (Lipinski definition) is 12. The number of carbonyl (C=O) groups excluding carboxylic acids is 1. The molecule has 0 aromatic heterocycles. The zero-order valence-electron chi connectivity index (χ0n) is 50.7. The first-order valence-corrected chi connectivity index (χ1v) is 32.4. The van der Waals surface area contributed by atoms with Gasteiger partial charge in [-0.15, -0.1) is 0 Å². The first kappa shape index (κ1) is 75.0. The maximum atomic E-state index is 13.3. The second-order valence-electron chi connectivity index (χ2n) is 23.2. The molecule has 0 aromatic rings. The van der Waals surface area contributed by atoms with Gasteiger partial charge in [0.05, 0.1) is 38.6 Å². The fourth-order valence-corrected chi connectivity index (χ4v) is 10.7. The van der Waals surface area contributed by atoms with Gasteiger partial charge < -0.3 is 89.9 Å². The fourth-order valence-electron chi connectivity index (χ4n) is 10.7. The van der Waals surface area contributed by atoms with Crippen LogP contribution in [-0.2, 0) is 33.2 Å². The van der Waals surface area contributed by atoms with E-state index in [1.54, 1.807) is 6.08 Å². The molecule has 12 N–H and O–H groups in total. The summed E-state index contributed by atoms with van der Waals surface area (Å²) < 4.78 is 34.2. The average molecular weight is 1190 g/mol. The van der Waals surface area contributed by atoms with Crippen LogP contribution in [0.2, 0.25) is 0 Å². The number of amides is 1. The Bertz CT molecular complexity index is 1700. The van der Waals surface area contributed by atoms with Crippen molar-refractivity contribution in [2.75, 3.05) is 26.4 Å². The van der Waals surface area contributed by atoms with Crippen molar-refractivity contribution in [3.05, 3.63) is 48.6 Å². The normalized spacial score (nSPS) is 29.7.